The van der Waals surface area contributed by atoms with Gasteiger partial charge in [0.2, 0.25) is 0 Å². The van der Waals surface area contributed by atoms with Crippen molar-refractivity contribution in [2.75, 3.05) is 16.9 Å². The van der Waals surface area contributed by atoms with Gasteiger partial charge < -0.3 is 9.47 Å². The lowest BCUT2D eigenvalue weighted by atomic mass is 10.0. The minimum absolute atomic E-state index is 0.167. The number of amides is 4. The summed E-state index contributed by atoms with van der Waals surface area (Å²) in [5.41, 5.74) is 2.01. The first-order valence-corrected chi connectivity index (χ1v) is 13.6. The third-order valence-electron chi connectivity index (χ3n) is 6.14. The number of ether oxygens (including phenoxy) is 2. The number of halogens is 2. The number of nitrogens with zero attached hydrogens (tertiary/aromatic N) is 2. The molecule has 5 rings (SSSR count). The molecule has 0 atom stereocenters. The van der Waals surface area contributed by atoms with Crippen molar-refractivity contribution >= 4 is 69.5 Å². The van der Waals surface area contributed by atoms with Gasteiger partial charge in [-0.05, 0) is 88.3 Å². The number of urea groups is 1. The summed E-state index contributed by atoms with van der Waals surface area (Å²) in [5.74, 6) is -0.483. The number of barbiturate groups is 1. The van der Waals surface area contributed by atoms with Crippen LogP contribution in [0.2, 0.25) is 5.02 Å². The molecule has 0 unspecified atom stereocenters. The maximum atomic E-state index is 13.6. The molecule has 1 aliphatic heterocycles. The first kappa shape index (κ1) is 27.4. The number of hydrogen-bond donors (Lipinski definition) is 0. The first-order valence-electron chi connectivity index (χ1n) is 12.2. The van der Waals surface area contributed by atoms with E-state index in [0.29, 0.717) is 43.6 Å². The second kappa shape index (κ2) is 11.9. The number of para-hydroxylation sites is 2. The second-order valence-corrected chi connectivity index (χ2v) is 10.3. The smallest absolute Gasteiger partial charge is 0.343 e. The standard InChI is InChI=1S/C31H22ClIN2O5/c1-39-27-18-21(17-26(33)28(27)40-19-20-12-14-22(32)15-13-20)16-25-29(36)34(23-8-4-2-5-9-23)31(38)35(30(25)37)24-10-6-3-7-11-24/h2-18H,19H2,1H3. The summed E-state index contributed by atoms with van der Waals surface area (Å²) in [6, 6.07) is 27.1. The molecular formula is C31H22ClIN2O5. The van der Waals surface area contributed by atoms with Crippen LogP contribution >= 0.6 is 34.2 Å². The Kier molecular flexibility index (Phi) is 8.18. The Bertz CT molecular complexity index is 1550. The predicted molar refractivity (Wildman–Crippen MR) is 163 cm³/mol. The fourth-order valence-electron chi connectivity index (χ4n) is 4.21. The highest BCUT2D eigenvalue weighted by Gasteiger charge is 2.43. The number of benzene rings is 4. The van der Waals surface area contributed by atoms with E-state index in [4.69, 9.17) is 21.1 Å². The van der Waals surface area contributed by atoms with Crippen LogP contribution in [0.5, 0.6) is 11.5 Å². The Morgan fingerprint density at radius 1 is 0.800 bits per heavy atom. The van der Waals surface area contributed by atoms with Crippen molar-refractivity contribution in [2.24, 2.45) is 0 Å². The third-order valence-corrected chi connectivity index (χ3v) is 7.19. The van der Waals surface area contributed by atoms with Crippen molar-refractivity contribution < 1.29 is 23.9 Å². The van der Waals surface area contributed by atoms with E-state index in [1.165, 1.54) is 13.2 Å². The summed E-state index contributed by atoms with van der Waals surface area (Å²) in [6.45, 7) is 0.293. The molecule has 0 spiro atoms. The van der Waals surface area contributed by atoms with Crippen molar-refractivity contribution in [1.29, 1.82) is 0 Å². The van der Waals surface area contributed by atoms with Crippen molar-refractivity contribution in [2.45, 2.75) is 6.61 Å². The molecule has 1 aliphatic rings. The van der Waals surface area contributed by atoms with Crippen molar-refractivity contribution in [3.63, 3.8) is 0 Å². The molecule has 0 bridgehead atoms. The number of imide groups is 2. The number of methoxy groups -OCH3 is 1. The van der Waals surface area contributed by atoms with Crippen LogP contribution in [0.25, 0.3) is 6.08 Å². The van der Waals surface area contributed by atoms with Crippen molar-refractivity contribution in [1.82, 2.24) is 0 Å². The van der Waals surface area contributed by atoms with E-state index in [2.05, 4.69) is 22.6 Å². The van der Waals surface area contributed by atoms with Crippen LogP contribution in [0, 0.1) is 3.57 Å². The zero-order valence-electron chi connectivity index (χ0n) is 21.2. The van der Waals surface area contributed by atoms with Gasteiger partial charge in [-0.2, -0.15) is 0 Å². The van der Waals surface area contributed by atoms with Crippen LogP contribution in [0.1, 0.15) is 11.1 Å². The van der Waals surface area contributed by atoms with Gasteiger partial charge in [-0.25, -0.2) is 14.6 Å². The molecule has 4 amide bonds. The van der Waals surface area contributed by atoms with Gasteiger partial charge in [0.1, 0.15) is 12.2 Å². The Balaban J connectivity index is 1.53. The summed E-state index contributed by atoms with van der Waals surface area (Å²) < 4.78 is 12.3. The Labute approximate surface area is 249 Å². The summed E-state index contributed by atoms with van der Waals surface area (Å²) in [6.07, 6.45) is 1.47. The average molecular weight is 665 g/mol. The molecular weight excluding hydrogens is 643 g/mol. The SMILES string of the molecule is COc1cc(C=C2C(=O)N(c3ccccc3)C(=O)N(c3ccccc3)C2=O)cc(I)c1OCc1ccc(Cl)cc1. The lowest BCUT2D eigenvalue weighted by Crippen LogP contribution is -2.57. The Hall–Kier alpha value is -4.15. The monoisotopic (exact) mass is 664 g/mol. The highest BCUT2D eigenvalue weighted by Crippen LogP contribution is 2.36. The number of hydrogen-bond acceptors (Lipinski definition) is 5. The van der Waals surface area contributed by atoms with E-state index in [0.717, 1.165) is 15.4 Å². The van der Waals surface area contributed by atoms with Gasteiger partial charge in [-0.3, -0.25) is 9.59 Å². The Morgan fingerprint density at radius 3 is 1.88 bits per heavy atom. The molecule has 1 heterocycles. The first-order chi connectivity index (χ1) is 19.4. The van der Waals surface area contributed by atoms with E-state index >= 15 is 0 Å². The van der Waals surface area contributed by atoms with Crippen molar-refractivity contribution in [3.05, 3.63) is 122 Å². The van der Waals surface area contributed by atoms with E-state index in [-0.39, 0.29) is 5.57 Å². The summed E-state index contributed by atoms with van der Waals surface area (Å²) in [7, 11) is 1.52. The fraction of sp³-hybridized carbons (Fsp3) is 0.0645. The molecule has 4 aromatic rings. The van der Waals surface area contributed by atoms with Crippen LogP contribution in [-0.2, 0) is 16.2 Å². The molecule has 40 heavy (non-hydrogen) atoms. The topological polar surface area (TPSA) is 76.2 Å². The van der Waals surface area contributed by atoms with Crippen LogP contribution in [0.3, 0.4) is 0 Å². The molecule has 7 nitrogen and oxygen atoms in total. The summed E-state index contributed by atoms with van der Waals surface area (Å²) >= 11 is 8.09. The Morgan fingerprint density at radius 2 is 1.35 bits per heavy atom. The summed E-state index contributed by atoms with van der Waals surface area (Å²) in [5, 5.41) is 0.637. The van der Waals surface area contributed by atoms with Gasteiger partial charge in [0.25, 0.3) is 11.8 Å². The lowest BCUT2D eigenvalue weighted by Gasteiger charge is -2.34. The van der Waals surface area contributed by atoms with E-state index < -0.39 is 17.8 Å². The molecule has 4 aromatic carbocycles. The normalized spacial score (nSPS) is 13.5. The highest BCUT2D eigenvalue weighted by atomic mass is 127. The van der Waals surface area contributed by atoms with Gasteiger partial charge in [0.15, 0.2) is 11.5 Å². The van der Waals surface area contributed by atoms with Gasteiger partial charge in [-0.1, -0.05) is 60.1 Å². The minimum Gasteiger partial charge on any atom is -0.493 e. The molecule has 200 valence electrons. The lowest BCUT2D eigenvalue weighted by molar-refractivity contribution is -0.121. The molecule has 0 aromatic heterocycles. The number of carbonyl (C=O) groups is 3. The van der Waals surface area contributed by atoms with Crippen LogP contribution in [0.15, 0.2) is 103 Å². The summed E-state index contributed by atoms with van der Waals surface area (Å²) in [4.78, 5) is 42.8. The van der Waals surface area contributed by atoms with Crippen LogP contribution in [-0.4, -0.2) is 25.0 Å². The maximum absolute atomic E-state index is 13.6. The molecule has 1 saturated heterocycles. The molecule has 0 aliphatic carbocycles. The fourth-order valence-corrected chi connectivity index (χ4v) is 5.11. The molecule has 1 fully saturated rings. The zero-order chi connectivity index (χ0) is 28.2. The number of rotatable bonds is 7. The average Bonchev–Trinajstić information content (AvgIpc) is 2.96. The van der Waals surface area contributed by atoms with Gasteiger partial charge in [-0.15, -0.1) is 0 Å². The third kappa shape index (κ3) is 5.59. The largest absolute Gasteiger partial charge is 0.493 e. The van der Waals surface area contributed by atoms with E-state index in [1.54, 1.807) is 84.9 Å². The van der Waals surface area contributed by atoms with Gasteiger partial charge in [0.05, 0.1) is 22.1 Å². The molecule has 0 radical (unpaired) electrons. The quantitative estimate of drug-likeness (QED) is 0.120. The number of carbonyl (C=O) groups excluding carboxylic acids is 3. The second-order valence-electron chi connectivity index (χ2n) is 8.74. The van der Waals surface area contributed by atoms with E-state index in [9.17, 15) is 14.4 Å². The highest BCUT2D eigenvalue weighted by molar-refractivity contribution is 14.1. The molecule has 0 saturated carbocycles. The van der Waals surface area contributed by atoms with Gasteiger partial charge in [0, 0.05) is 5.02 Å². The zero-order valence-corrected chi connectivity index (χ0v) is 24.1. The minimum atomic E-state index is -0.748. The molecule has 9 heteroatoms. The van der Waals surface area contributed by atoms with E-state index in [1.807, 2.05) is 12.1 Å². The van der Waals surface area contributed by atoms with Gasteiger partial charge >= 0.3 is 6.03 Å². The van der Waals surface area contributed by atoms with Crippen LogP contribution < -0.4 is 19.3 Å². The molecule has 0 N–H and O–H groups in total. The predicted octanol–water partition coefficient (Wildman–Crippen LogP) is 7.12. The van der Waals surface area contributed by atoms with Crippen molar-refractivity contribution in [3.8, 4) is 11.5 Å². The maximum Gasteiger partial charge on any atom is 0.343 e. The number of anilines is 2. The van der Waals surface area contributed by atoms with Crippen LogP contribution in [0.4, 0.5) is 16.2 Å².